The first-order valence-corrected chi connectivity index (χ1v) is 8.40. The number of imidazole rings is 1. The van der Waals surface area contributed by atoms with Crippen LogP contribution >= 0.6 is 23.1 Å². The largest absolute Gasteiger partial charge is 0.494 e. The Bertz CT molecular complexity index is 731. The Morgan fingerprint density at radius 1 is 1.30 bits per heavy atom. The quantitative estimate of drug-likeness (QED) is 0.686. The highest BCUT2D eigenvalue weighted by Gasteiger charge is 2.14. The summed E-state index contributed by atoms with van der Waals surface area (Å²) < 4.78 is 8.42. The van der Waals surface area contributed by atoms with Gasteiger partial charge in [-0.1, -0.05) is 23.1 Å². The molecule has 1 aromatic carbocycles. The molecule has 0 atom stereocenters. The minimum atomic E-state index is 0.681. The average molecular weight is 305 g/mol. The minimum Gasteiger partial charge on any atom is -0.494 e. The summed E-state index contributed by atoms with van der Waals surface area (Å²) in [7, 11) is 0. The molecule has 0 aliphatic rings. The summed E-state index contributed by atoms with van der Waals surface area (Å²) in [5.74, 6) is 0.887. The summed E-state index contributed by atoms with van der Waals surface area (Å²) >= 11 is 3.26. The van der Waals surface area contributed by atoms with Crippen molar-refractivity contribution in [2.75, 3.05) is 12.9 Å². The van der Waals surface area contributed by atoms with E-state index in [9.17, 15) is 0 Å². The van der Waals surface area contributed by atoms with E-state index < -0.39 is 0 Å². The maximum Gasteiger partial charge on any atom is 0.213 e. The molecule has 20 heavy (non-hydrogen) atoms. The zero-order valence-electron chi connectivity index (χ0n) is 11.6. The van der Waals surface area contributed by atoms with Crippen LogP contribution in [0.25, 0.3) is 16.2 Å². The molecule has 2 aromatic heterocycles. The van der Waals surface area contributed by atoms with Gasteiger partial charge in [0.1, 0.15) is 5.75 Å². The summed E-state index contributed by atoms with van der Waals surface area (Å²) in [5.41, 5.74) is 3.15. The zero-order chi connectivity index (χ0) is 14.1. The van der Waals surface area contributed by atoms with E-state index >= 15 is 0 Å². The Kier molecular flexibility index (Phi) is 3.67. The average Bonchev–Trinajstić information content (AvgIpc) is 3.00. The predicted octanol–water partition coefficient (Wildman–Crippen LogP) is 3.89. The van der Waals surface area contributed by atoms with Crippen LogP contribution in [0.5, 0.6) is 5.75 Å². The molecule has 0 radical (unpaired) electrons. The van der Waals surface area contributed by atoms with Gasteiger partial charge < -0.3 is 4.74 Å². The molecule has 0 unspecified atom stereocenters. The molecule has 3 rings (SSSR count). The third kappa shape index (κ3) is 2.29. The van der Waals surface area contributed by atoms with Gasteiger partial charge in [0.25, 0.3) is 0 Å². The van der Waals surface area contributed by atoms with E-state index in [1.54, 1.807) is 23.1 Å². The van der Waals surface area contributed by atoms with Crippen LogP contribution in [0.4, 0.5) is 0 Å². The van der Waals surface area contributed by atoms with Crippen LogP contribution in [-0.4, -0.2) is 27.5 Å². The summed E-state index contributed by atoms with van der Waals surface area (Å²) in [6.07, 6.45) is 2.03. The van der Waals surface area contributed by atoms with E-state index in [0.717, 1.165) is 32.0 Å². The Labute approximate surface area is 125 Å². The molecule has 0 bridgehead atoms. The minimum absolute atomic E-state index is 0.681. The van der Waals surface area contributed by atoms with Crippen LogP contribution in [-0.2, 0) is 0 Å². The first-order chi connectivity index (χ1) is 9.72. The van der Waals surface area contributed by atoms with Crippen molar-refractivity contribution in [2.24, 2.45) is 0 Å². The highest BCUT2D eigenvalue weighted by molar-refractivity contribution is 8.00. The van der Waals surface area contributed by atoms with Gasteiger partial charge >= 0.3 is 0 Å². The SMILES string of the molecule is CCOc1ccc(-c2nc3sc(SC)nn3c2C)cc1. The molecule has 0 spiro atoms. The van der Waals surface area contributed by atoms with E-state index in [2.05, 4.69) is 12.0 Å². The third-order valence-electron chi connectivity index (χ3n) is 3.02. The predicted molar refractivity (Wildman–Crippen MR) is 84.0 cm³/mol. The third-order valence-corrected chi connectivity index (χ3v) is 4.91. The number of benzene rings is 1. The first kappa shape index (κ1) is 13.5. The topological polar surface area (TPSA) is 39.4 Å². The molecule has 104 valence electrons. The van der Waals surface area contributed by atoms with Crippen molar-refractivity contribution in [2.45, 2.75) is 18.2 Å². The number of hydrogen-bond acceptors (Lipinski definition) is 5. The van der Waals surface area contributed by atoms with Gasteiger partial charge in [-0.2, -0.15) is 0 Å². The number of aromatic nitrogens is 3. The number of hydrogen-bond donors (Lipinski definition) is 0. The van der Waals surface area contributed by atoms with Crippen molar-refractivity contribution in [3.63, 3.8) is 0 Å². The molecule has 0 amide bonds. The molecule has 0 N–H and O–H groups in total. The van der Waals surface area contributed by atoms with Crippen molar-refractivity contribution in [3.8, 4) is 17.0 Å². The van der Waals surface area contributed by atoms with Crippen molar-refractivity contribution in [1.82, 2.24) is 14.6 Å². The fourth-order valence-electron chi connectivity index (χ4n) is 2.06. The van der Waals surface area contributed by atoms with E-state index in [4.69, 9.17) is 9.72 Å². The standard InChI is InChI=1S/C14H15N3OS2/c1-4-18-11-7-5-10(6-8-11)12-9(2)17-13(15-12)20-14(16-17)19-3/h5-8H,4H2,1-3H3. The number of nitrogens with zero attached hydrogens (tertiary/aromatic N) is 3. The fourth-order valence-corrected chi connectivity index (χ4v) is 3.46. The van der Waals surface area contributed by atoms with Crippen molar-refractivity contribution < 1.29 is 4.74 Å². The Morgan fingerprint density at radius 3 is 2.65 bits per heavy atom. The summed E-state index contributed by atoms with van der Waals surface area (Å²) in [5, 5.41) is 4.53. The van der Waals surface area contributed by atoms with Crippen LogP contribution in [0, 0.1) is 6.92 Å². The highest BCUT2D eigenvalue weighted by atomic mass is 32.2. The lowest BCUT2D eigenvalue weighted by Crippen LogP contribution is -1.91. The maximum absolute atomic E-state index is 5.46. The monoisotopic (exact) mass is 305 g/mol. The smallest absolute Gasteiger partial charge is 0.213 e. The summed E-state index contributed by atoms with van der Waals surface area (Å²) in [6, 6.07) is 8.04. The van der Waals surface area contributed by atoms with Crippen molar-refractivity contribution in [3.05, 3.63) is 30.0 Å². The van der Waals surface area contributed by atoms with Gasteiger partial charge in [-0.15, -0.1) is 5.10 Å². The highest BCUT2D eigenvalue weighted by Crippen LogP contribution is 2.30. The van der Waals surface area contributed by atoms with Gasteiger partial charge in [0.15, 0.2) is 4.34 Å². The van der Waals surface area contributed by atoms with Crippen LogP contribution in [0.1, 0.15) is 12.6 Å². The molecule has 0 saturated heterocycles. The second kappa shape index (κ2) is 5.46. The molecule has 2 heterocycles. The first-order valence-electron chi connectivity index (χ1n) is 6.36. The van der Waals surface area contributed by atoms with Gasteiger partial charge in [0, 0.05) is 5.56 Å². The van der Waals surface area contributed by atoms with E-state index in [1.807, 2.05) is 42.0 Å². The van der Waals surface area contributed by atoms with Crippen molar-refractivity contribution >= 4 is 28.1 Å². The fraction of sp³-hybridized carbons (Fsp3) is 0.286. The summed E-state index contributed by atoms with van der Waals surface area (Å²) in [4.78, 5) is 5.63. The van der Waals surface area contributed by atoms with Gasteiger partial charge in [-0.3, -0.25) is 0 Å². The molecule has 4 nitrogen and oxygen atoms in total. The lowest BCUT2D eigenvalue weighted by molar-refractivity contribution is 0.340. The molecule has 3 aromatic rings. The molecule has 0 saturated carbocycles. The van der Waals surface area contributed by atoms with Crippen LogP contribution in [0.3, 0.4) is 0 Å². The van der Waals surface area contributed by atoms with E-state index in [0.29, 0.717) is 6.61 Å². The van der Waals surface area contributed by atoms with Crippen LogP contribution < -0.4 is 4.74 Å². The second-order valence-electron chi connectivity index (χ2n) is 4.27. The van der Waals surface area contributed by atoms with E-state index in [-0.39, 0.29) is 0 Å². The Hall–Kier alpha value is -1.53. The molecule has 0 aliphatic heterocycles. The molecular formula is C14H15N3OS2. The van der Waals surface area contributed by atoms with Gasteiger partial charge in [-0.05, 0) is 44.4 Å². The molecular weight excluding hydrogens is 290 g/mol. The number of fused-ring (bicyclic) bond motifs is 1. The van der Waals surface area contributed by atoms with E-state index in [1.165, 1.54) is 0 Å². The molecule has 6 heteroatoms. The van der Waals surface area contributed by atoms with Gasteiger partial charge in [0.05, 0.1) is 18.0 Å². The van der Waals surface area contributed by atoms with Crippen molar-refractivity contribution in [1.29, 1.82) is 0 Å². The number of thioether (sulfide) groups is 1. The normalized spacial score (nSPS) is 11.2. The lowest BCUT2D eigenvalue weighted by atomic mass is 10.1. The Balaban J connectivity index is 2.00. The van der Waals surface area contributed by atoms with Crippen LogP contribution in [0.15, 0.2) is 28.6 Å². The second-order valence-corrected chi connectivity index (χ2v) is 6.28. The maximum atomic E-state index is 5.46. The molecule has 0 fully saturated rings. The Morgan fingerprint density at radius 2 is 2.05 bits per heavy atom. The van der Waals surface area contributed by atoms with Gasteiger partial charge in [-0.25, -0.2) is 9.50 Å². The lowest BCUT2D eigenvalue weighted by Gasteiger charge is -2.04. The number of aryl methyl sites for hydroxylation is 1. The molecule has 0 aliphatic carbocycles. The zero-order valence-corrected chi connectivity index (χ0v) is 13.2. The van der Waals surface area contributed by atoms with Gasteiger partial charge in [0.2, 0.25) is 4.96 Å². The number of rotatable bonds is 4. The van der Waals surface area contributed by atoms with Crippen LogP contribution in [0.2, 0.25) is 0 Å². The number of ether oxygens (including phenoxy) is 1. The summed E-state index contributed by atoms with van der Waals surface area (Å²) in [6.45, 7) is 4.71.